The van der Waals surface area contributed by atoms with Crippen LogP contribution in [0, 0.1) is 13.8 Å². The predicted molar refractivity (Wildman–Crippen MR) is 83.1 cm³/mol. The molecular formula is C13H19BrN4S. The van der Waals surface area contributed by atoms with Crippen molar-refractivity contribution in [3.05, 3.63) is 37.7 Å². The number of hydrogen-bond acceptors (Lipinski definition) is 4. The van der Waals surface area contributed by atoms with Crippen molar-refractivity contribution in [2.75, 3.05) is 0 Å². The number of rotatable bonds is 5. The zero-order chi connectivity index (χ0) is 14.0. The molecule has 2 aromatic rings. The largest absolute Gasteiger partial charge is 0.272 e. The van der Waals surface area contributed by atoms with Crippen molar-refractivity contribution in [3.63, 3.8) is 0 Å². The molecule has 0 aliphatic rings. The maximum absolute atomic E-state index is 5.69. The van der Waals surface area contributed by atoms with E-state index in [1.54, 1.807) is 11.3 Å². The third-order valence-corrected chi connectivity index (χ3v) is 5.49. The number of nitrogens with two attached hydrogens (primary N) is 1. The van der Waals surface area contributed by atoms with E-state index in [-0.39, 0.29) is 6.04 Å². The number of hydrazine groups is 1. The average molecular weight is 343 g/mol. The van der Waals surface area contributed by atoms with E-state index in [9.17, 15) is 0 Å². The van der Waals surface area contributed by atoms with Crippen molar-refractivity contribution >= 4 is 27.3 Å². The molecule has 0 bridgehead atoms. The van der Waals surface area contributed by atoms with Crippen LogP contribution >= 0.6 is 27.3 Å². The molecule has 0 saturated carbocycles. The molecule has 0 aromatic carbocycles. The van der Waals surface area contributed by atoms with Crippen LogP contribution in [-0.2, 0) is 13.5 Å². The Morgan fingerprint density at radius 2 is 2.26 bits per heavy atom. The first-order chi connectivity index (χ1) is 9.04. The number of nitrogens with zero attached hydrogens (tertiary/aromatic N) is 2. The van der Waals surface area contributed by atoms with Crippen LogP contribution < -0.4 is 11.3 Å². The summed E-state index contributed by atoms with van der Waals surface area (Å²) in [5.74, 6) is 5.69. The van der Waals surface area contributed by atoms with E-state index in [0.717, 1.165) is 23.0 Å². The van der Waals surface area contributed by atoms with Crippen molar-refractivity contribution in [1.82, 2.24) is 15.2 Å². The van der Waals surface area contributed by atoms with Crippen LogP contribution in [0.2, 0.25) is 0 Å². The van der Waals surface area contributed by atoms with Crippen LogP contribution in [0.3, 0.4) is 0 Å². The molecule has 1 unspecified atom stereocenters. The molecule has 4 nitrogen and oxygen atoms in total. The molecule has 3 N–H and O–H groups in total. The summed E-state index contributed by atoms with van der Waals surface area (Å²) in [6.45, 7) is 4.18. The Hall–Kier alpha value is -0.690. The summed E-state index contributed by atoms with van der Waals surface area (Å²) in [6.07, 6.45) is 1.94. The lowest BCUT2D eigenvalue weighted by Crippen LogP contribution is -2.28. The van der Waals surface area contributed by atoms with E-state index in [4.69, 9.17) is 5.84 Å². The monoisotopic (exact) mass is 342 g/mol. The molecule has 0 fully saturated rings. The summed E-state index contributed by atoms with van der Waals surface area (Å²) in [7, 11) is 1.99. The number of thiophene rings is 1. The Labute approximate surface area is 126 Å². The normalized spacial score (nSPS) is 12.9. The fraction of sp³-hybridized carbons (Fsp3) is 0.462. The summed E-state index contributed by atoms with van der Waals surface area (Å²) in [5.41, 5.74) is 6.59. The minimum atomic E-state index is 0.174. The highest BCUT2D eigenvalue weighted by Crippen LogP contribution is 2.31. The second kappa shape index (κ2) is 6.17. The van der Waals surface area contributed by atoms with Crippen LogP contribution in [0.1, 0.15) is 34.3 Å². The topological polar surface area (TPSA) is 55.9 Å². The smallest absolute Gasteiger partial charge is 0.0628 e. The molecule has 1 atom stereocenters. The highest BCUT2D eigenvalue weighted by atomic mass is 79.9. The van der Waals surface area contributed by atoms with Crippen LogP contribution in [0.4, 0.5) is 0 Å². The number of halogens is 1. The van der Waals surface area contributed by atoms with E-state index in [1.807, 2.05) is 11.7 Å². The van der Waals surface area contributed by atoms with Crippen LogP contribution in [0.25, 0.3) is 0 Å². The number of nitrogens with one attached hydrogen (secondary N) is 1. The van der Waals surface area contributed by atoms with Gasteiger partial charge in [-0.25, -0.2) is 0 Å². The molecule has 0 amide bonds. The lowest BCUT2D eigenvalue weighted by Gasteiger charge is -2.15. The van der Waals surface area contributed by atoms with Gasteiger partial charge in [-0.1, -0.05) is 0 Å². The molecule has 19 heavy (non-hydrogen) atoms. The molecule has 104 valence electrons. The summed E-state index contributed by atoms with van der Waals surface area (Å²) >= 11 is 5.29. The van der Waals surface area contributed by atoms with Gasteiger partial charge in [0, 0.05) is 22.1 Å². The Morgan fingerprint density at radius 3 is 2.74 bits per heavy atom. The summed E-state index contributed by atoms with van der Waals surface area (Å²) in [5, 5.41) is 6.53. The van der Waals surface area contributed by atoms with Gasteiger partial charge in [0.15, 0.2) is 0 Å². The van der Waals surface area contributed by atoms with Gasteiger partial charge in [-0.2, -0.15) is 5.10 Å². The third-order valence-electron chi connectivity index (χ3n) is 3.50. The zero-order valence-corrected chi connectivity index (χ0v) is 13.8. The van der Waals surface area contributed by atoms with Crippen LogP contribution in [0.15, 0.2) is 15.9 Å². The van der Waals surface area contributed by atoms with Gasteiger partial charge in [0.05, 0.1) is 11.7 Å². The van der Waals surface area contributed by atoms with Gasteiger partial charge in [0.1, 0.15) is 0 Å². The van der Waals surface area contributed by atoms with E-state index >= 15 is 0 Å². The Kier molecular flexibility index (Phi) is 4.78. The molecule has 2 rings (SSSR count). The standard InChI is InChI=1S/C13H19BrN4S/c1-8-10(9(2)18(3)17-8)4-5-12(16-15)13-11(14)6-7-19-13/h6-7,12,16H,4-5,15H2,1-3H3. The van der Waals surface area contributed by atoms with Crippen molar-refractivity contribution in [2.45, 2.75) is 32.7 Å². The second-order valence-electron chi connectivity index (χ2n) is 4.66. The predicted octanol–water partition coefficient (Wildman–Crippen LogP) is 3.00. The first-order valence-corrected chi connectivity index (χ1v) is 7.90. The molecule has 0 saturated heterocycles. The minimum absolute atomic E-state index is 0.174. The molecule has 6 heteroatoms. The maximum atomic E-state index is 5.69. The average Bonchev–Trinajstić information content (AvgIpc) is 2.89. The van der Waals surface area contributed by atoms with Crippen molar-refractivity contribution in [3.8, 4) is 0 Å². The molecular weight excluding hydrogens is 324 g/mol. The van der Waals surface area contributed by atoms with E-state index in [0.29, 0.717) is 0 Å². The fourth-order valence-corrected chi connectivity index (χ4v) is 4.06. The highest BCUT2D eigenvalue weighted by molar-refractivity contribution is 9.10. The molecule has 0 aliphatic heterocycles. The lowest BCUT2D eigenvalue weighted by atomic mass is 10.0. The van der Waals surface area contributed by atoms with Gasteiger partial charge in [-0.15, -0.1) is 11.3 Å². The maximum Gasteiger partial charge on any atom is 0.0628 e. The van der Waals surface area contributed by atoms with Gasteiger partial charge in [-0.3, -0.25) is 16.0 Å². The molecule has 0 radical (unpaired) electrons. The van der Waals surface area contributed by atoms with Crippen molar-refractivity contribution in [1.29, 1.82) is 0 Å². The third kappa shape index (κ3) is 3.08. The SMILES string of the molecule is Cc1nn(C)c(C)c1CCC(NN)c1sccc1Br. The second-order valence-corrected chi connectivity index (χ2v) is 6.47. The fourth-order valence-electron chi connectivity index (χ4n) is 2.31. The first-order valence-electron chi connectivity index (χ1n) is 6.22. The van der Waals surface area contributed by atoms with Crippen molar-refractivity contribution in [2.24, 2.45) is 12.9 Å². The Bertz CT molecular complexity index is 561. The molecule has 0 aliphatic carbocycles. The van der Waals surface area contributed by atoms with Gasteiger partial charge < -0.3 is 0 Å². The molecule has 2 aromatic heterocycles. The molecule has 0 spiro atoms. The quantitative estimate of drug-likeness (QED) is 0.648. The highest BCUT2D eigenvalue weighted by Gasteiger charge is 2.17. The van der Waals surface area contributed by atoms with Gasteiger partial charge in [0.2, 0.25) is 0 Å². The number of aromatic nitrogens is 2. The van der Waals surface area contributed by atoms with Gasteiger partial charge >= 0.3 is 0 Å². The van der Waals surface area contributed by atoms with E-state index in [2.05, 4.69) is 51.7 Å². The number of aryl methyl sites for hydroxylation is 2. The van der Waals surface area contributed by atoms with Crippen LogP contribution in [-0.4, -0.2) is 9.78 Å². The molecule has 2 heterocycles. The van der Waals surface area contributed by atoms with Crippen molar-refractivity contribution < 1.29 is 0 Å². The Morgan fingerprint density at radius 1 is 1.53 bits per heavy atom. The van der Waals surface area contributed by atoms with E-state index in [1.165, 1.54) is 16.1 Å². The van der Waals surface area contributed by atoms with E-state index < -0.39 is 0 Å². The lowest BCUT2D eigenvalue weighted by molar-refractivity contribution is 0.521. The zero-order valence-electron chi connectivity index (χ0n) is 11.4. The summed E-state index contributed by atoms with van der Waals surface area (Å²) in [4.78, 5) is 1.25. The number of hydrogen-bond donors (Lipinski definition) is 2. The van der Waals surface area contributed by atoms with Crippen LogP contribution in [0.5, 0.6) is 0 Å². The Balaban J connectivity index is 2.11. The van der Waals surface area contributed by atoms with Gasteiger partial charge in [-0.05, 0) is 59.6 Å². The summed E-state index contributed by atoms with van der Waals surface area (Å²) in [6, 6.07) is 2.23. The minimum Gasteiger partial charge on any atom is -0.272 e. The first kappa shape index (κ1) is 14.7. The summed E-state index contributed by atoms with van der Waals surface area (Å²) < 4.78 is 3.07. The van der Waals surface area contributed by atoms with Gasteiger partial charge in [0.25, 0.3) is 0 Å².